The second-order valence-corrected chi connectivity index (χ2v) is 5.60. The van der Waals surface area contributed by atoms with Crippen molar-refractivity contribution in [3.05, 3.63) is 68.0 Å². The van der Waals surface area contributed by atoms with E-state index in [0.29, 0.717) is 0 Å². The zero-order chi connectivity index (χ0) is 13.3. The van der Waals surface area contributed by atoms with Crippen molar-refractivity contribution in [1.29, 1.82) is 0 Å². The first kappa shape index (κ1) is 13.5. The summed E-state index contributed by atoms with van der Waals surface area (Å²) in [5, 5.41) is 0. The number of hydrogen-bond donors (Lipinski definition) is 1. The first-order valence-corrected chi connectivity index (χ1v) is 6.84. The summed E-state index contributed by atoms with van der Waals surface area (Å²) in [5.74, 6) is -0.233. The molecule has 3 heteroatoms. The third kappa shape index (κ3) is 2.72. The van der Waals surface area contributed by atoms with E-state index in [2.05, 4.69) is 35.6 Å². The van der Waals surface area contributed by atoms with Crippen LogP contribution in [0, 0.1) is 23.2 Å². The molecular formula is C15H15FIN. The van der Waals surface area contributed by atoms with E-state index >= 15 is 0 Å². The molecule has 0 radical (unpaired) electrons. The van der Waals surface area contributed by atoms with Gasteiger partial charge >= 0.3 is 0 Å². The molecular weight excluding hydrogens is 340 g/mol. The standard InChI is InChI=1S/C15H15FIN/c1-9-6-11(8-12(16)7-9)15(18)13-5-3-4-10(2)14(13)17/h3-8,15H,18H2,1-2H3. The van der Waals surface area contributed by atoms with Crippen LogP contribution in [0.3, 0.4) is 0 Å². The summed E-state index contributed by atoms with van der Waals surface area (Å²) >= 11 is 2.29. The zero-order valence-electron chi connectivity index (χ0n) is 10.4. The van der Waals surface area contributed by atoms with Gasteiger partial charge in [0.15, 0.2) is 0 Å². The molecule has 0 amide bonds. The van der Waals surface area contributed by atoms with Crippen molar-refractivity contribution in [3.8, 4) is 0 Å². The highest BCUT2D eigenvalue weighted by Gasteiger charge is 2.14. The smallest absolute Gasteiger partial charge is 0.123 e. The molecule has 18 heavy (non-hydrogen) atoms. The lowest BCUT2D eigenvalue weighted by Crippen LogP contribution is -2.14. The molecule has 0 saturated carbocycles. The Morgan fingerprint density at radius 1 is 1.17 bits per heavy atom. The maximum atomic E-state index is 13.4. The van der Waals surface area contributed by atoms with Gasteiger partial charge in [-0.25, -0.2) is 4.39 Å². The Hall–Kier alpha value is -0.940. The number of aryl methyl sites for hydroxylation is 2. The van der Waals surface area contributed by atoms with Crippen LogP contribution in [-0.4, -0.2) is 0 Å². The SMILES string of the molecule is Cc1cc(F)cc(C(N)c2cccc(C)c2I)c1. The zero-order valence-corrected chi connectivity index (χ0v) is 12.5. The Kier molecular flexibility index (Phi) is 4.02. The fourth-order valence-electron chi connectivity index (χ4n) is 2.03. The minimum absolute atomic E-state index is 0.233. The fourth-order valence-corrected chi connectivity index (χ4v) is 2.73. The molecule has 0 saturated heterocycles. The van der Waals surface area contributed by atoms with Crippen LogP contribution in [0.2, 0.25) is 0 Å². The molecule has 0 spiro atoms. The molecule has 1 atom stereocenters. The molecule has 2 N–H and O–H groups in total. The van der Waals surface area contributed by atoms with Crippen LogP contribution in [0.25, 0.3) is 0 Å². The Bertz CT molecular complexity index is 560. The van der Waals surface area contributed by atoms with E-state index in [1.54, 1.807) is 0 Å². The monoisotopic (exact) mass is 355 g/mol. The number of benzene rings is 2. The van der Waals surface area contributed by atoms with Crippen molar-refractivity contribution in [3.63, 3.8) is 0 Å². The molecule has 1 unspecified atom stereocenters. The maximum Gasteiger partial charge on any atom is 0.123 e. The van der Waals surface area contributed by atoms with Gasteiger partial charge in [0.25, 0.3) is 0 Å². The highest BCUT2D eigenvalue weighted by molar-refractivity contribution is 14.1. The summed E-state index contributed by atoms with van der Waals surface area (Å²) in [4.78, 5) is 0. The number of nitrogens with two attached hydrogens (primary N) is 1. The van der Waals surface area contributed by atoms with E-state index in [1.807, 2.05) is 25.1 Å². The minimum Gasteiger partial charge on any atom is -0.320 e. The molecule has 0 fully saturated rings. The van der Waals surface area contributed by atoms with E-state index in [9.17, 15) is 4.39 Å². The average molecular weight is 355 g/mol. The Balaban J connectivity index is 2.47. The summed E-state index contributed by atoms with van der Waals surface area (Å²) in [6.45, 7) is 3.93. The van der Waals surface area contributed by atoms with E-state index in [4.69, 9.17) is 5.73 Å². The summed E-state index contributed by atoms with van der Waals surface area (Å²) in [6, 6.07) is 10.7. The lowest BCUT2D eigenvalue weighted by atomic mass is 9.97. The van der Waals surface area contributed by atoms with Gasteiger partial charge in [0, 0.05) is 3.57 Å². The van der Waals surface area contributed by atoms with Crippen LogP contribution in [-0.2, 0) is 0 Å². The predicted octanol–water partition coefficient (Wildman–Crippen LogP) is 4.10. The van der Waals surface area contributed by atoms with Gasteiger partial charge in [-0.2, -0.15) is 0 Å². The molecule has 2 aromatic carbocycles. The Morgan fingerprint density at radius 3 is 2.56 bits per heavy atom. The van der Waals surface area contributed by atoms with Gasteiger partial charge in [-0.05, 0) is 70.8 Å². The molecule has 0 aliphatic carbocycles. The first-order valence-electron chi connectivity index (χ1n) is 5.76. The number of halogens is 2. The Labute approximate surface area is 120 Å². The van der Waals surface area contributed by atoms with Gasteiger partial charge in [0.1, 0.15) is 5.82 Å². The highest BCUT2D eigenvalue weighted by Crippen LogP contribution is 2.27. The molecule has 0 aromatic heterocycles. The quantitative estimate of drug-likeness (QED) is 0.807. The van der Waals surface area contributed by atoms with Crippen LogP contribution in [0.15, 0.2) is 36.4 Å². The average Bonchev–Trinajstić information content (AvgIpc) is 2.30. The van der Waals surface area contributed by atoms with E-state index in [-0.39, 0.29) is 11.9 Å². The maximum absolute atomic E-state index is 13.4. The second-order valence-electron chi connectivity index (χ2n) is 4.52. The van der Waals surface area contributed by atoms with Crippen LogP contribution in [0.4, 0.5) is 4.39 Å². The van der Waals surface area contributed by atoms with Crippen molar-refractivity contribution < 1.29 is 4.39 Å². The molecule has 0 aliphatic rings. The largest absolute Gasteiger partial charge is 0.320 e. The normalized spacial score (nSPS) is 12.5. The number of hydrogen-bond acceptors (Lipinski definition) is 1. The lowest BCUT2D eigenvalue weighted by molar-refractivity contribution is 0.622. The molecule has 1 nitrogen and oxygen atoms in total. The summed E-state index contributed by atoms with van der Waals surface area (Å²) < 4.78 is 14.6. The van der Waals surface area contributed by atoms with Crippen molar-refractivity contribution in [1.82, 2.24) is 0 Å². The summed E-state index contributed by atoms with van der Waals surface area (Å²) in [7, 11) is 0. The summed E-state index contributed by atoms with van der Waals surface area (Å²) in [5.41, 5.74) is 10.2. The molecule has 2 rings (SSSR count). The second kappa shape index (κ2) is 5.36. The van der Waals surface area contributed by atoms with Gasteiger partial charge in [0.2, 0.25) is 0 Å². The van der Waals surface area contributed by atoms with Crippen molar-refractivity contribution >= 4 is 22.6 Å². The van der Waals surface area contributed by atoms with Crippen LogP contribution >= 0.6 is 22.6 Å². The number of rotatable bonds is 2. The molecule has 0 aliphatic heterocycles. The van der Waals surface area contributed by atoms with Crippen LogP contribution < -0.4 is 5.73 Å². The van der Waals surface area contributed by atoms with Crippen molar-refractivity contribution in [2.45, 2.75) is 19.9 Å². The molecule has 0 heterocycles. The third-order valence-corrected chi connectivity index (χ3v) is 4.45. The van der Waals surface area contributed by atoms with E-state index in [0.717, 1.165) is 20.3 Å². The lowest BCUT2D eigenvalue weighted by Gasteiger charge is -2.16. The first-order chi connectivity index (χ1) is 8.49. The van der Waals surface area contributed by atoms with Gasteiger partial charge in [-0.3, -0.25) is 0 Å². The van der Waals surface area contributed by atoms with Gasteiger partial charge in [0.05, 0.1) is 6.04 Å². The summed E-state index contributed by atoms with van der Waals surface area (Å²) in [6.07, 6.45) is 0. The predicted molar refractivity (Wildman–Crippen MR) is 81.1 cm³/mol. The molecule has 0 bridgehead atoms. The van der Waals surface area contributed by atoms with Crippen LogP contribution in [0.1, 0.15) is 28.3 Å². The topological polar surface area (TPSA) is 26.0 Å². The van der Waals surface area contributed by atoms with Crippen molar-refractivity contribution in [2.24, 2.45) is 5.73 Å². The Morgan fingerprint density at radius 2 is 1.89 bits per heavy atom. The minimum atomic E-state index is -0.286. The highest BCUT2D eigenvalue weighted by atomic mass is 127. The van der Waals surface area contributed by atoms with Gasteiger partial charge in [-0.1, -0.05) is 24.3 Å². The van der Waals surface area contributed by atoms with Crippen molar-refractivity contribution in [2.75, 3.05) is 0 Å². The fraction of sp³-hybridized carbons (Fsp3) is 0.200. The van der Waals surface area contributed by atoms with Crippen LogP contribution in [0.5, 0.6) is 0 Å². The van der Waals surface area contributed by atoms with Gasteiger partial charge in [-0.15, -0.1) is 0 Å². The third-order valence-electron chi connectivity index (χ3n) is 2.98. The van der Waals surface area contributed by atoms with E-state index in [1.165, 1.54) is 17.7 Å². The van der Waals surface area contributed by atoms with Gasteiger partial charge < -0.3 is 5.73 Å². The van der Waals surface area contributed by atoms with E-state index < -0.39 is 0 Å². The molecule has 94 valence electrons. The molecule has 2 aromatic rings.